The summed E-state index contributed by atoms with van der Waals surface area (Å²) in [6.45, 7) is 5.44. The first-order chi connectivity index (χ1) is 3.81. The number of rotatable bonds is 3. The molecule has 0 bridgehead atoms. The molecule has 8 heavy (non-hydrogen) atoms. The molecule has 0 fully saturated rings. The Balaban J connectivity index is 3.46. The lowest BCUT2D eigenvalue weighted by molar-refractivity contribution is -0.130. The predicted octanol–water partition coefficient (Wildman–Crippen LogP) is 0.889. The van der Waals surface area contributed by atoms with Crippen molar-refractivity contribution in [2.45, 2.75) is 13.0 Å². The molecule has 1 atom stereocenters. The maximum absolute atomic E-state index is 9.60. The third-order valence-corrected chi connectivity index (χ3v) is 0.623. The molecule has 0 aliphatic rings. The summed E-state index contributed by atoms with van der Waals surface area (Å²) in [5.74, 6) is 0. The number of hydrogen-bond acceptors (Lipinski definition) is 2. The quantitative estimate of drug-likeness (QED) is 0.400. The first-order valence-electron chi connectivity index (χ1n) is 2.26. The first kappa shape index (κ1) is 6.99. The van der Waals surface area contributed by atoms with Gasteiger partial charge >= 0.3 is 0 Å². The third-order valence-electron chi connectivity index (χ3n) is 0.623. The van der Waals surface area contributed by atoms with Crippen molar-refractivity contribution in [2.24, 2.45) is 0 Å². The highest BCUT2D eigenvalue weighted by atomic mass is 16.5. The second kappa shape index (κ2) is 4.16. The molecule has 0 saturated carbocycles. The fourth-order valence-electron chi connectivity index (χ4n) is 0.293. The van der Waals surface area contributed by atoms with Crippen LogP contribution in [-0.2, 0) is 9.53 Å². The minimum Gasteiger partial charge on any atom is -0.460 e. The normalized spacial score (nSPS) is 11.1. The van der Waals surface area contributed by atoms with Crippen molar-refractivity contribution in [1.29, 1.82) is 0 Å². The maximum Gasteiger partial charge on any atom is 0.293 e. The molecule has 0 saturated heterocycles. The Morgan fingerprint density at radius 2 is 2.50 bits per heavy atom. The highest BCUT2D eigenvalue weighted by molar-refractivity contribution is 5.37. The van der Waals surface area contributed by atoms with Gasteiger partial charge in [-0.1, -0.05) is 6.58 Å². The van der Waals surface area contributed by atoms with Gasteiger partial charge in [-0.25, -0.2) is 0 Å². The molecule has 0 aromatic heterocycles. The Bertz CT molecular complexity index is 112. The summed E-state index contributed by atoms with van der Waals surface area (Å²) in [7, 11) is 0. The lowest BCUT2D eigenvalue weighted by atomic mass is 10.4. The molecule has 44 valence electrons. The molecule has 0 heterocycles. The average molecular weight is 112 g/mol. The van der Waals surface area contributed by atoms with Gasteiger partial charge in [-0.2, -0.15) is 0 Å². The van der Waals surface area contributed by atoms with E-state index in [1.54, 1.807) is 13.0 Å². The first-order valence-corrected chi connectivity index (χ1v) is 2.26. The van der Waals surface area contributed by atoms with Crippen LogP contribution in [0.1, 0.15) is 6.92 Å². The van der Waals surface area contributed by atoms with Gasteiger partial charge in [-0.05, 0) is 13.0 Å². The third kappa shape index (κ3) is 3.19. The Morgan fingerprint density at radius 1 is 1.88 bits per heavy atom. The molecule has 0 aliphatic carbocycles. The SMILES string of the molecule is C=C=CC(C)OC=O. The van der Waals surface area contributed by atoms with Crippen molar-refractivity contribution in [3.05, 3.63) is 18.4 Å². The van der Waals surface area contributed by atoms with Crippen molar-refractivity contribution in [3.8, 4) is 0 Å². The van der Waals surface area contributed by atoms with Crippen LogP contribution in [-0.4, -0.2) is 12.6 Å². The van der Waals surface area contributed by atoms with Gasteiger partial charge in [0.25, 0.3) is 6.47 Å². The van der Waals surface area contributed by atoms with Gasteiger partial charge in [0.15, 0.2) is 0 Å². The number of ether oxygens (including phenoxy) is 1. The van der Waals surface area contributed by atoms with Gasteiger partial charge in [0.1, 0.15) is 6.10 Å². The van der Waals surface area contributed by atoms with Gasteiger partial charge in [0.05, 0.1) is 0 Å². The largest absolute Gasteiger partial charge is 0.460 e. The van der Waals surface area contributed by atoms with Crippen LogP contribution in [0.25, 0.3) is 0 Å². The van der Waals surface area contributed by atoms with E-state index in [0.29, 0.717) is 6.47 Å². The fraction of sp³-hybridized carbons (Fsp3) is 0.333. The molecule has 0 aromatic rings. The van der Waals surface area contributed by atoms with E-state index >= 15 is 0 Å². The van der Waals surface area contributed by atoms with Gasteiger partial charge in [-0.15, -0.1) is 5.73 Å². The van der Waals surface area contributed by atoms with E-state index in [2.05, 4.69) is 17.0 Å². The second-order valence-corrected chi connectivity index (χ2v) is 1.31. The Morgan fingerprint density at radius 3 is 2.88 bits per heavy atom. The summed E-state index contributed by atoms with van der Waals surface area (Å²) in [6, 6.07) is 0. The van der Waals surface area contributed by atoms with E-state index in [9.17, 15) is 4.79 Å². The molecule has 0 spiro atoms. The summed E-state index contributed by atoms with van der Waals surface area (Å²) in [6.07, 6.45) is 1.36. The average Bonchev–Trinajstić information content (AvgIpc) is 1.68. The number of carbonyl (C=O) groups excluding carboxylic acids is 1. The highest BCUT2D eigenvalue weighted by Crippen LogP contribution is 1.85. The topological polar surface area (TPSA) is 26.3 Å². The van der Waals surface area contributed by atoms with E-state index in [1.807, 2.05) is 0 Å². The molecule has 1 unspecified atom stereocenters. The van der Waals surface area contributed by atoms with Crippen LogP contribution < -0.4 is 0 Å². The fourth-order valence-corrected chi connectivity index (χ4v) is 0.293. The van der Waals surface area contributed by atoms with E-state index in [0.717, 1.165) is 0 Å². The molecule has 2 nitrogen and oxygen atoms in total. The molecular formula is C6H8O2. The van der Waals surface area contributed by atoms with Crippen LogP contribution >= 0.6 is 0 Å². The Labute approximate surface area is 48.5 Å². The molecule has 0 N–H and O–H groups in total. The van der Waals surface area contributed by atoms with Gasteiger partial charge in [0.2, 0.25) is 0 Å². The van der Waals surface area contributed by atoms with Crippen LogP contribution in [0.15, 0.2) is 18.4 Å². The Kier molecular flexibility index (Phi) is 3.63. The molecule has 0 aromatic carbocycles. The monoisotopic (exact) mass is 112 g/mol. The van der Waals surface area contributed by atoms with Crippen LogP contribution in [0.2, 0.25) is 0 Å². The van der Waals surface area contributed by atoms with Crippen LogP contribution in [0.3, 0.4) is 0 Å². The number of hydrogen-bond donors (Lipinski definition) is 0. The van der Waals surface area contributed by atoms with Crippen molar-refractivity contribution < 1.29 is 9.53 Å². The smallest absolute Gasteiger partial charge is 0.293 e. The lowest BCUT2D eigenvalue weighted by Crippen LogP contribution is -2.00. The second-order valence-electron chi connectivity index (χ2n) is 1.31. The van der Waals surface area contributed by atoms with E-state index in [-0.39, 0.29) is 6.10 Å². The standard InChI is InChI=1S/C6H8O2/c1-3-4-6(2)8-5-7/h4-6H,1H2,2H3. The summed E-state index contributed by atoms with van der Waals surface area (Å²) in [5.41, 5.74) is 2.49. The van der Waals surface area contributed by atoms with E-state index < -0.39 is 0 Å². The van der Waals surface area contributed by atoms with Gasteiger partial charge < -0.3 is 4.74 Å². The summed E-state index contributed by atoms with van der Waals surface area (Å²) in [4.78, 5) is 9.60. The van der Waals surface area contributed by atoms with Crippen molar-refractivity contribution in [3.63, 3.8) is 0 Å². The Hall–Kier alpha value is -1.01. The van der Waals surface area contributed by atoms with E-state index in [4.69, 9.17) is 0 Å². The minimum absolute atomic E-state index is 0.204. The van der Waals surface area contributed by atoms with Crippen molar-refractivity contribution in [2.75, 3.05) is 0 Å². The molecule has 0 amide bonds. The van der Waals surface area contributed by atoms with Gasteiger partial charge in [0, 0.05) is 0 Å². The number of carbonyl (C=O) groups is 1. The highest BCUT2D eigenvalue weighted by Gasteiger charge is 1.89. The van der Waals surface area contributed by atoms with Gasteiger partial charge in [-0.3, -0.25) is 4.79 Å². The van der Waals surface area contributed by atoms with Crippen LogP contribution in [0.4, 0.5) is 0 Å². The molecular weight excluding hydrogens is 104 g/mol. The molecule has 2 heteroatoms. The zero-order valence-corrected chi connectivity index (χ0v) is 4.76. The summed E-state index contributed by atoms with van der Waals surface area (Å²) in [5, 5.41) is 0. The zero-order chi connectivity index (χ0) is 6.41. The molecule has 0 aliphatic heterocycles. The molecule has 0 radical (unpaired) electrons. The van der Waals surface area contributed by atoms with Crippen molar-refractivity contribution in [1.82, 2.24) is 0 Å². The van der Waals surface area contributed by atoms with Crippen LogP contribution in [0, 0.1) is 0 Å². The predicted molar refractivity (Wildman–Crippen MR) is 30.3 cm³/mol. The molecule has 0 rings (SSSR count). The summed E-state index contributed by atoms with van der Waals surface area (Å²) < 4.78 is 4.44. The van der Waals surface area contributed by atoms with E-state index in [1.165, 1.54) is 0 Å². The minimum atomic E-state index is -0.204. The summed E-state index contributed by atoms with van der Waals surface area (Å²) >= 11 is 0. The van der Waals surface area contributed by atoms with Crippen LogP contribution in [0.5, 0.6) is 0 Å². The zero-order valence-electron chi connectivity index (χ0n) is 4.76. The van der Waals surface area contributed by atoms with Crippen molar-refractivity contribution >= 4 is 6.47 Å². The lowest BCUT2D eigenvalue weighted by Gasteiger charge is -1.98. The maximum atomic E-state index is 9.60.